The molecular weight excluding hydrogens is 298 g/mol. The van der Waals surface area contributed by atoms with E-state index in [1.54, 1.807) is 0 Å². The lowest BCUT2D eigenvalue weighted by molar-refractivity contribution is 0.573. The molecule has 22 heavy (non-hydrogen) atoms. The minimum atomic E-state index is 0.199. The molecule has 0 atom stereocenters. The first-order chi connectivity index (χ1) is 10.8. The molecule has 2 aromatic rings. The van der Waals surface area contributed by atoms with Crippen molar-refractivity contribution in [1.29, 1.82) is 5.41 Å². The van der Waals surface area contributed by atoms with E-state index in [1.165, 1.54) is 12.6 Å². The lowest BCUT2D eigenvalue weighted by Gasteiger charge is -2.29. The number of hydrogen-bond acceptors (Lipinski definition) is 5. The van der Waals surface area contributed by atoms with Gasteiger partial charge < -0.3 is 15.6 Å². The molecule has 1 aromatic carbocycles. The van der Waals surface area contributed by atoms with Gasteiger partial charge in [0.15, 0.2) is 0 Å². The standard InChI is InChI=1S/C16H18ClN5/c17-16-20-14(19-12-7-3-1-4-8-12)13(11-18)15(21-16)22-9-5-2-6-10-22/h1,3-4,7-8,11,18H,2,5-6,9-10H2,(H,19,20,21). The van der Waals surface area contributed by atoms with Crippen molar-refractivity contribution < 1.29 is 0 Å². The number of para-hydroxylation sites is 1. The number of anilines is 3. The predicted molar refractivity (Wildman–Crippen MR) is 90.7 cm³/mol. The third-order valence-corrected chi connectivity index (χ3v) is 3.90. The zero-order chi connectivity index (χ0) is 15.4. The SMILES string of the molecule is N=Cc1c(Nc2ccccc2)nc(Cl)nc1N1CCCCC1. The van der Waals surface area contributed by atoms with Crippen LogP contribution >= 0.6 is 11.6 Å². The van der Waals surface area contributed by atoms with Crippen molar-refractivity contribution in [3.05, 3.63) is 41.2 Å². The van der Waals surface area contributed by atoms with Gasteiger partial charge in [0.05, 0.1) is 5.56 Å². The lowest BCUT2D eigenvalue weighted by atomic mass is 10.1. The van der Waals surface area contributed by atoms with E-state index < -0.39 is 0 Å². The summed E-state index contributed by atoms with van der Waals surface area (Å²) in [4.78, 5) is 10.8. The molecule has 2 N–H and O–H groups in total. The molecule has 0 spiro atoms. The van der Waals surface area contributed by atoms with Gasteiger partial charge in [-0.3, -0.25) is 0 Å². The summed E-state index contributed by atoms with van der Waals surface area (Å²) in [6.07, 6.45) is 4.82. The quantitative estimate of drug-likeness (QED) is 0.664. The monoisotopic (exact) mass is 315 g/mol. The van der Waals surface area contributed by atoms with Crippen LogP contribution in [0.2, 0.25) is 5.28 Å². The van der Waals surface area contributed by atoms with Crippen LogP contribution in [0.25, 0.3) is 0 Å². The average molecular weight is 316 g/mol. The van der Waals surface area contributed by atoms with E-state index in [0.29, 0.717) is 11.4 Å². The Morgan fingerprint density at radius 2 is 1.82 bits per heavy atom. The first-order valence-corrected chi connectivity index (χ1v) is 7.81. The lowest BCUT2D eigenvalue weighted by Crippen LogP contribution is -2.31. The third kappa shape index (κ3) is 3.20. The Morgan fingerprint density at radius 1 is 1.09 bits per heavy atom. The molecule has 6 heteroatoms. The summed E-state index contributed by atoms with van der Waals surface area (Å²) >= 11 is 6.10. The largest absolute Gasteiger partial charge is 0.356 e. The maximum atomic E-state index is 7.77. The summed E-state index contributed by atoms with van der Waals surface area (Å²) < 4.78 is 0. The summed E-state index contributed by atoms with van der Waals surface area (Å²) in [5.74, 6) is 1.31. The number of hydrogen-bond donors (Lipinski definition) is 2. The van der Waals surface area contributed by atoms with E-state index in [2.05, 4.69) is 20.2 Å². The van der Waals surface area contributed by atoms with Gasteiger partial charge in [-0.1, -0.05) is 18.2 Å². The number of piperidine rings is 1. The van der Waals surface area contributed by atoms with Crippen molar-refractivity contribution in [2.24, 2.45) is 0 Å². The third-order valence-electron chi connectivity index (χ3n) is 3.73. The highest BCUT2D eigenvalue weighted by atomic mass is 35.5. The van der Waals surface area contributed by atoms with Crippen molar-refractivity contribution in [3.8, 4) is 0 Å². The average Bonchev–Trinajstić information content (AvgIpc) is 2.56. The van der Waals surface area contributed by atoms with Gasteiger partial charge >= 0.3 is 0 Å². The fourth-order valence-electron chi connectivity index (χ4n) is 2.66. The summed E-state index contributed by atoms with van der Waals surface area (Å²) in [5, 5.41) is 11.2. The molecule has 0 radical (unpaired) electrons. The smallest absolute Gasteiger partial charge is 0.226 e. The van der Waals surface area contributed by atoms with Gasteiger partial charge in [0.25, 0.3) is 0 Å². The minimum Gasteiger partial charge on any atom is -0.356 e. The number of nitrogens with one attached hydrogen (secondary N) is 2. The Labute approximate surface area is 134 Å². The van der Waals surface area contributed by atoms with Crippen molar-refractivity contribution in [3.63, 3.8) is 0 Å². The molecule has 0 unspecified atom stereocenters. The Morgan fingerprint density at radius 3 is 2.50 bits per heavy atom. The van der Waals surface area contributed by atoms with Gasteiger partial charge in [-0.05, 0) is 43.0 Å². The van der Waals surface area contributed by atoms with E-state index in [0.717, 1.165) is 37.4 Å². The molecular formula is C16H18ClN5. The van der Waals surface area contributed by atoms with E-state index >= 15 is 0 Å². The Balaban J connectivity index is 1.98. The summed E-state index contributed by atoms with van der Waals surface area (Å²) in [5.41, 5.74) is 1.58. The first kappa shape index (κ1) is 14.8. The molecule has 1 aromatic heterocycles. The molecule has 5 nitrogen and oxygen atoms in total. The van der Waals surface area contributed by atoms with Gasteiger partial charge in [0, 0.05) is 25.0 Å². The van der Waals surface area contributed by atoms with E-state index in [1.807, 2.05) is 30.3 Å². The molecule has 0 saturated carbocycles. The fourth-order valence-corrected chi connectivity index (χ4v) is 2.83. The molecule has 1 aliphatic rings. The summed E-state index contributed by atoms with van der Waals surface area (Å²) in [6.45, 7) is 1.89. The molecule has 114 valence electrons. The second-order valence-corrected chi connectivity index (χ2v) is 5.60. The van der Waals surface area contributed by atoms with E-state index in [-0.39, 0.29) is 5.28 Å². The maximum absolute atomic E-state index is 7.77. The number of aromatic nitrogens is 2. The van der Waals surface area contributed by atoms with Crippen LogP contribution in [0.3, 0.4) is 0 Å². The molecule has 0 aliphatic carbocycles. The molecule has 3 rings (SSSR count). The minimum absolute atomic E-state index is 0.199. The Bertz CT molecular complexity index is 653. The zero-order valence-corrected chi connectivity index (χ0v) is 13.0. The van der Waals surface area contributed by atoms with Crippen LogP contribution in [-0.4, -0.2) is 29.3 Å². The predicted octanol–water partition coefficient (Wildman–Crippen LogP) is 3.86. The maximum Gasteiger partial charge on any atom is 0.226 e. The highest BCUT2D eigenvalue weighted by Crippen LogP contribution is 2.28. The van der Waals surface area contributed by atoms with Crippen molar-refractivity contribution in [2.45, 2.75) is 19.3 Å². The molecule has 2 heterocycles. The van der Waals surface area contributed by atoms with Gasteiger partial charge in [-0.2, -0.15) is 9.97 Å². The van der Waals surface area contributed by atoms with Crippen molar-refractivity contribution in [1.82, 2.24) is 9.97 Å². The Hall–Kier alpha value is -2.14. The number of nitrogens with zero attached hydrogens (tertiary/aromatic N) is 3. The van der Waals surface area contributed by atoms with Crippen LogP contribution in [0, 0.1) is 5.41 Å². The zero-order valence-electron chi connectivity index (χ0n) is 12.2. The number of halogens is 1. The van der Waals surface area contributed by atoms with Gasteiger partial charge in [0.1, 0.15) is 11.6 Å². The van der Waals surface area contributed by atoms with Crippen molar-refractivity contribution in [2.75, 3.05) is 23.3 Å². The van der Waals surface area contributed by atoms with Crippen molar-refractivity contribution >= 4 is 35.1 Å². The second kappa shape index (κ2) is 6.75. The highest BCUT2D eigenvalue weighted by Gasteiger charge is 2.19. The van der Waals surface area contributed by atoms with Crippen LogP contribution < -0.4 is 10.2 Å². The van der Waals surface area contributed by atoms with Crippen LogP contribution in [0.4, 0.5) is 17.3 Å². The summed E-state index contributed by atoms with van der Waals surface area (Å²) in [6, 6.07) is 9.74. The van der Waals surface area contributed by atoms with Crippen LogP contribution in [0.5, 0.6) is 0 Å². The number of benzene rings is 1. The Kier molecular flexibility index (Phi) is 4.53. The first-order valence-electron chi connectivity index (χ1n) is 7.43. The molecule has 0 amide bonds. The topological polar surface area (TPSA) is 64.9 Å². The van der Waals surface area contributed by atoms with Gasteiger partial charge in [-0.25, -0.2) is 0 Å². The van der Waals surface area contributed by atoms with Gasteiger partial charge in [0.2, 0.25) is 5.28 Å². The fraction of sp³-hybridized carbons (Fsp3) is 0.312. The highest BCUT2D eigenvalue weighted by molar-refractivity contribution is 6.28. The van der Waals surface area contributed by atoms with Crippen LogP contribution in [0.15, 0.2) is 30.3 Å². The molecule has 1 aliphatic heterocycles. The van der Waals surface area contributed by atoms with Crippen LogP contribution in [0.1, 0.15) is 24.8 Å². The van der Waals surface area contributed by atoms with Gasteiger partial charge in [-0.15, -0.1) is 0 Å². The number of rotatable bonds is 4. The molecule has 0 bridgehead atoms. The summed E-state index contributed by atoms with van der Waals surface area (Å²) in [7, 11) is 0. The molecule has 1 saturated heterocycles. The van der Waals surface area contributed by atoms with Crippen LogP contribution in [-0.2, 0) is 0 Å². The van der Waals surface area contributed by atoms with E-state index in [4.69, 9.17) is 17.0 Å². The second-order valence-electron chi connectivity index (χ2n) is 5.26. The van der Waals surface area contributed by atoms with E-state index in [9.17, 15) is 0 Å². The molecule has 1 fully saturated rings. The normalized spacial score (nSPS) is 14.7.